The minimum atomic E-state index is -0.168. The lowest BCUT2D eigenvalue weighted by Gasteiger charge is -2.24. The summed E-state index contributed by atoms with van der Waals surface area (Å²) in [7, 11) is 1.42. The van der Waals surface area contributed by atoms with Gasteiger partial charge < -0.3 is 4.74 Å². The first-order chi connectivity index (χ1) is 5.49. The molecule has 3 heteroatoms. The van der Waals surface area contributed by atoms with Gasteiger partial charge in [0.25, 0.3) is 0 Å². The molecular formula is C9H15NO2. The molecule has 1 rings (SSSR count). The summed E-state index contributed by atoms with van der Waals surface area (Å²) in [6, 6.07) is 0. The lowest BCUT2D eigenvalue weighted by molar-refractivity contribution is -0.145. The van der Waals surface area contributed by atoms with E-state index < -0.39 is 0 Å². The van der Waals surface area contributed by atoms with Crippen molar-refractivity contribution >= 4 is 11.7 Å². The SMILES string of the molecule is COC(=O)[C@@H]1C(C)=NCC1(C)C. The minimum Gasteiger partial charge on any atom is -0.468 e. The molecule has 0 spiro atoms. The molecule has 0 aliphatic carbocycles. The predicted molar refractivity (Wildman–Crippen MR) is 47.3 cm³/mol. The van der Waals surface area contributed by atoms with Gasteiger partial charge >= 0.3 is 5.97 Å². The summed E-state index contributed by atoms with van der Waals surface area (Å²) in [5.41, 5.74) is 0.823. The molecule has 0 aromatic heterocycles. The van der Waals surface area contributed by atoms with E-state index in [1.165, 1.54) is 7.11 Å². The van der Waals surface area contributed by atoms with E-state index in [0.29, 0.717) is 0 Å². The van der Waals surface area contributed by atoms with Gasteiger partial charge in [-0.1, -0.05) is 13.8 Å². The predicted octanol–water partition coefficient (Wildman–Crippen LogP) is 1.28. The van der Waals surface area contributed by atoms with Crippen molar-refractivity contribution in [3.05, 3.63) is 0 Å². The fourth-order valence-corrected chi connectivity index (χ4v) is 1.68. The fraction of sp³-hybridized carbons (Fsp3) is 0.778. The van der Waals surface area contributed by atoms with Gasteiger partial charge in [-0.25, -0.2) is 0 Å². The Bertz CT molecular complexity index is 231. The van der Waals surface area contributed by atoms with Crippen molar-refractivity contribution in [3.63, 3.8) is 0 Å². The molecular weight excluding hydrogens is 154 g/mol. The summed E-state index contributed by atoms with van der Waals surface area (Å²) >= 11 is 0. The van der Waals surface area contributed by atoms with Gasteiger partial charge in [-0.2, -0.15) is 0 Å². The standard InChI is InChI=1S/C9H15NO2/c1-6-7(8(11)12-4)9(2,3)5-10-6/h7H,5H2,1-4H3/t7-/m0/s1. The molecule has 0 aromatic rings. The van der Waals surface area contributed by atoms with Crippen molar-refractivity contribution in [2.45, 2.75) is 20.8 Å². The van der Waals surface area contributed by atoms with E-state index in [1.807, 2.05) is 20.8 Å². The molecule has 0 fully saturated rings. The normalized spacial score (nSPS) is 26.7. The first-order valence-electron chi connectivity index (χ1n) is 4.08. The van der Waals surface area contributed by atoms with E-state index in [-0.39, 0.29) is 17.3 Å². The molecule has 1 atom stereocenters. The molecule has 68 valence electrons. The van der Waals surface area contributed by atoms with Gasteiger partial charge in [0.1, 0.15) is 5.92 Å². The van der Waals surface area contributed by atoms with Crippen LogP contribution in [0.25, 0.3) is 0 Å². The lowest BCUT2D eigenvalue weighted by atomic mass is 9.79. The molecule has 0 radical (unpaired) electrons. The van der Waals surface area contributed by atoms with Crippen molar-refractivity contribution in [1.29, 1.82) is 0 Å². The molecule has 0 bridgehead atoms. The Balaban J connectivity index is 2.86. The topological polar surface area (TPSA) is 38.7 Å². The molecule has 0 aromatic carbocycles. The number of hydrogen-bond acceptors (Lipinski definition) is 3. The molecule has 1 aliphatic rings. The molecule has 0 amide bonds. The zero-order chi connectivity index (χ0) is 9.35. The maximum Gasteiger partial charge on any atom is 0.314 e. The maximum atomic E-state index is 11.3. The summed E-state index contributed by atoms with van der Waals surface area (Å²) in [5.74, 6) is -0.318. The monoisotopic (exact) mass is 169 g/mol. The summed E-state index contributed by atoms with van der Waals surface area (Å²) in [6.07, 6.45) is 0. The second-order valence-electron chi connectivity index (χ2n) is 3.90. The first kappa shape index (κ1) is 9.23. The Labute approximate surface area is 72.8 Å². The van der Waals surface area contributed by atoms with Gasteiger partial charge in [0, 0.05) is 17.7 Å². The van der Waals surface area contributed by atoms with Crippen molar-refractivity contribution in [3.8, 4) is 0 Å². The average Bonchev–Trinajstić information content (AvgIpc) is 2.25. The molecule has 1 aliphatic heterocycles. The van der Waals surface area contributed by atoms with Crippen LogP contribution in [0, 0.1) is 11.3 Å². The molecule has 0 saturated carbocycles. The Hall–Kier alpha value is -0.860. The van der Waals surface area contributed by atoms with Gasteiger partial charge in [-0.3, -0.25) is 9.79 Å². The van der Waals surface area contributed by atoms with E-state index >= 15 is 0 Å². The molecule has 1 heterocycles. The van der Waals surface area contributed by atoms with E-state index in [9.17, 15) is 4.79 Å². The van der Waals surface area contributed by atoms with Gasteiger partial charge in [-0.15, -0.1) is 0 Å². The van der Waals surface area contributed by atoms with Crippen LogP contribution in [0.5, 0.6) is 0 Å². The van der Waals surface area contributed by atoms with Crippen LogP contribution in [0.2, 0.25) is 0 Å². The minimum absolute atomic E-state index is 0.0722. The zero-order valence-electron chi connectivity index (χ0n) is 8.05. The third-order valence-electron chi connectivity index (χ3n) is 2.37. The van der Waals surface area contributed by atoms with Crippen LogP contribution in [0.4, 0.5) is 0 Å². The highest BCUT2D eigenvalue weighted by molar-refractivity contribution is 6.03. The summed E-state index contributed by atoms with van der Waals surface area (Å²) < 4.78 is 4.72. The number of rotatable bonds is 1. The number of carbonyl (C=O) groups excluding carboxylic acids is 1. The van der Waals surface area contributed by atoms with Gasteiger partial charge in [0.2, 0.25) is 0 Å². The van der Waals surface area contributed by atoms with Gasteiger partial charge in [-0.05, 0) is 6.92 Å². The largest absolute Gasteiger partial charge is 0.468 e. The third-order valence-corrected chi connectivity index (χ3v) is 2.37. The fourth-order valence-electron chi connectivity index (χ4n) is 1.68. The molecule has 3 nitrogen and oxygen atoms in total. The van der Waals surface area contributed by atoms with Gasteiger partial charge in [0.15, 0.2) is 0 Å². The highest BCUT2D eigenvalue weighted by Crippen LogP contribution is 2.34. The van der Waals surface area contributed by atoms with Crippen LogP contribution >= 0.6 is 0 Å². The highest BCUT2D eigenvalue weighted by atomic mass is 16.5. The van der Waals surface area contributed by atoms with E-state index in [2.05, 4.69) is 4.99 Å². The van der Waals surface area contributed by atoms with Crippen molar-refractivity contribution in [1.82, 2.24) is 0 Å². The number of esters is 1. The second-order valence-corrected chi connectivity index (χ2v) is 3.90. The molecule has 0 saturated heterocycles. The molecule has 0 unspecified atom stereocenters. The maximum absolute atomic E-state index is 11.3. The number of methoxy groups -OCH3 is 1. The number of hydrogen-bond donors (Lipinski definition) is 0. The van der Waals surface area contributed by atoms with E-state index in [4.69, 9.17) is 4.74 Å². The van der Waals surface area contributed by atoms with Crippen LogP contribution < -0.4 is 0 Å². The highest BCUT2D eigenvalue weighted by Gasteiger charge is 2.41. The number of nitrogens with zero attached hydrogens (tertiary/aromatic N) is 1. The van der Waals surface area contributed by atoms with Crippen molar-refractivity contribution in [2.75, 3.05) is 13.7 Å². The Morgan fingerprint density at radius 1 is 1.67 bits per heavy atom. The van der Waals surface area contributed by atoms with E-state index in [0.717, 1.165) is 12.3 Å². The number of ether oxygens (including phenoxy) is 1. The van der Waals surface area contributed by atoms with E-state index in [1.54, 1.807) is 0 Å². The molecule has 12 heavy (non-hydrogen) atoms. The quantitative estimate of drug-likeness (QED) is 0.554. The van der Waals surface area contributed by atoms with Crippen molar-refractivity contribution in [2.24, 2.45) is 16.3 Å². The number of carbonyl (C=O) groups is 1. The Morgan fingerprint density at radius 3 is 2.58 bits per heavy atom. The lowest BCUT2D eigenvalue weighted by Crippen LogP contribution is -2.33. The van der Waals surface area contributed by atoms with Crippen LogP contribution in [0.3, 0.4) is 0 Å². The summed E-state index contributed by atoms with van der Waals surface area (Å²) in [4.78, 5) is 15.6. The van der Waals surface area contributed by atoms with Crippen LogP contribution in [-0.4, -0.2) is 25.3 Å². The second kappa shape index (κ2) is 2.88. The third kappa shape index (κ3) is 1.36. The average molecular weight is 169 g/mol. The van der Waals surface area contributed by atoms with Crippen LogP contribution in [0.1, 0.15) is 20.8 Å². The summed E-state index contributed by atoms with van der Waals surface area (Å²) in [6.45, 7) is 6.68. The summed E-state index contributed by atoms with van der Waals surface area (Å²) in [5, 5.41) is 0. The van der Waals surface area contributed by atoms with Crippen LogP contribution in [0.15, 0.2) is 4.99 Å². The first-order valence-corrected chi connectivity index (χ1v) is 4.08. The zero-order valence-corrected chi connectivity index (χ0v) is 8.05. The van der Waals surface area contributed by atoms with Crippen LogP contribution in [-0.2, 0) is 9.53 Å². The Kier molecular flexibility index (Phi) is 2.22. The number of aliphatic imine (C=N–C) groups is 1. The smallest absolute Gasteiger partial charge is 0.314 e. The van der Waals surface area contributed by atoms with Gasteiger partial charge in [0.05, 0.1) is 7.11 Å². The molecule has 0 N–H and O–H groups in total. The van der Waals surface area contributed by atoms with Crippen molar-refractivity contribution < 1.29 is 9.53 Å². The Morgan fingerprint density at radius 2 is 2.25 bits per heavy atom.